The Kier molecular flexibility index (Phi) is 3.41. The molecule has 0 aliphatic rings. The lowest BCUT2D eigenvalue weighted by molar-refractivity contribution is 0.305. The molecule has 2 aromatic rings. The third kappa shape index (κ3) is 2.39. The van der Waals surface area contributed by atoms with Crippen LogP contribution in [0.1, 0.15) is 12.0 Å². The number of hydrogen-bond donors (Lipinski definition) is 3. The van der Waals surface area contributed by atoms with Gasteiger partial charge < -0.3 is 5.11 Å². The Morgan fingerprint density at radius 1 is 1.33 bits per heavy atom. The number of nitrogens with zero attached hydrogens (tertiary/aromatic N) is 2. The molecule has 0 radical (unpaired) electrons. The molecule has 0 bridgehead atoms. The van der Waals surface area contributed by atoms with Crippen molar-refractivity contribution in [1.29, 1.82) is 0 Å². The molecule has 0 fully saturated rings. The van der Waals surface area contributed by atoms with Gasteiger partial charge in [0, 0.05) is 18.2 Å². The normalized spacial score (nSPS) is 9.83. The van der Waals surface area contributed by atoms with E-state index in [1.165, 1.54) is 12.3 Å². The highest BCUT2D eigenvalue weighted by atomic mass is 16.2. The molecule has 2 rings (SSSR count). The molecular weight excluding hydrogens is 236 g/mol. The molecule has 0 aliphatic heterocycles. The van der Waals surface area contributed by atoms with Crippen molar-refractivity contribution >= 4 is 0 Å². The van der Waals surface area contributed by atoms with Gasteiger partial charge in [-0.3, -0.25) is 0 Å². The van der Waals surface area contributed by atoms with Crippen LogP contribution < -0.4 is 11.4 Å². The Hall–Kier alpha value is -2.59. The molecule has 7 nitrogen and oxygen atoms in total. The maximum atomic E-state index is 11.4. The van der Waals surface area contributed by atoms with Gasteiger partial charge in [0.05, 0.1) is 6.61 Å². The Labute approximate surface area is 101 Å². The first-order valence-electron chi connectivity index (χ1n) is 5.18. The molecule has 0 amide bonds. The summed E-state index contributed by atoms with van der Waals surface area (Å²) in [6.45, 7) is -0.0120. The zero-order valence-electron chi connectivity index (χ0n) is 9.30. The van der Waals surface area contributed by atoms with Crippen LogP contribution >= 0.6 is 0 Å². The first kappa shape index (κ1) is 11.9. The molecule has 0 unspecified atom stereocenters. The molecule has 92 valence electrons. The molecule has 2 aromatic heterocycles. The molecule has 0 spiro atoms. The highest BCUT2D eigenvalue weighted by Crippen LogP contribution is 2.01. The summed E-state index contributed by atoms with van der Waals surface area (Å²) >= 11 is 0. The van der Waals surface area contributed by atoms with Gasteiger partial charge in [-0.05, 0) is 12.1 Å². The fourth-order valence-electron chi connectivity index (χ4n) is 1.36. The molecule has 0 aliphatic carbocycles. The number of nitrogens with one attached hydrogen (secondary N) is 2. The quantitative estimate of drug-likeness (QED) is 0.590. The zero-order valence-corrected chi connectivity index (χ0v) is 9.30. The fraction of sp³-hybridized carbons (Fsp3) is 0.182. The number of aromatic nitrogens is 4. The Balaban J connectivity index is 2.43. The number of hydrogen-bond acceptors (Lipinski definition) is 4. The summed E-state index contributed by atoms with van der Waals surface area (Å²) in [4.78, 5) is 26.7. The minimum absolute atomic E-state index is 0.0120. The standard InChI is InChI=1S/C11H10N4O3/c16-6-2-1-3-8-4-5-12-9(7-8)15-10(17)13-14-11(15)18/h4-5,7,16H,2,6H2,(H,13,17)(H,14,18). The molecule has 3 N–H and O–H groups in total. The van der Waals surface area contributed by atoms with Crippen molar-refractivity contribution in [2.75, 3.05) is 6.61 Å². The van der Waals surface area contributed by atoms with E-state index >= 15 is 0 Å². The van der Waals surface area contributed by atoms with E-state index in [0.717, 1.165) is 4.57 Å². The number of rotatable bonds is 2. The Bertz CT molecular complexity index is 686. The molecule has 7 heteroatoms. The van der Waals surface area contributed by atoms with E-state index < -0.39 is 11.4 Å². The third-order valence-corrected chi connectivity index (χ3v) is 2.13. The lowest BCUT2D eigenvalue weighted by atomic mass is 10.2. The minimum Gasteiger partial charge on any atom is -0.395 e. The summed E-state index contributed by atoms with van der Waals surface area (Å²) in [5, 5.41) is 12.9. The predicted molar refractivity (Wildman–Crippen MR) is 63.4 cm³/mol. The molecule has 0 saturated heterocycles. The van der Waals surface area contributed by atoms with Crippen LogP contribution in [0.15, 0.2) is 27.9 Å². The van der Waals surface area contributed by atoms with E-state index in [4.69, 9.17) is 5.11 Å². The van der Waals surface area contributed by atoms with Gasteiger partial charge in [-0.25, -0.2) is 24.8 Å². The van der Waals surface area contributed by atoms with Gasteiger partial charge in [0.25, 0.3) is 0 Å². The highest BCUT2D eigenvalue weighted by Gasteiger charge is 2.06. The topological polar surface area (TPSA) is 104 Å². The van der Waals surface area contributed by atoms with Crippen LogP contribution in [-0.4, -0.2) is 31.5 Å². The van der Waals surface area contributed by atoms with Crippen LogP contribution in [0.5, 0.6) is 0 Å². The number of aliphatic hydroxyl groups excluding tert-OH is 1. The van der Waals surface area contributed by atoms with Crippen molar-refractivity contribution in [3.8, 4) is 17.7 Å². The SMILES string of the molecule is O=c1[nH][nH]c(=O)n1-c1cc(C#CCCO)ccn1. The van der Waals surface area contributed by atoms with E-state index in [0.29, 0.717) is 12.0 Å². The van der Waals surface area contributed by atoms with Gasteiger partial charge >= 0.3 is 11.4 Å². The maximum absolute atomic E-state index is 11.4. The fourth-order valence-corrected chi connectivity index (χ4v) is 1.36. The van der Waals surface area contributed by atoms with Crippen molar-refractivity contribution in [1.82, 2.24) is 19.7 Å². The van der Waals surface area contributed by atoms with Gasteiger partial charge in [0.1, 0.15) is 5.82 Å². The molecule has 2 heterocycles. The Morgan fingerprint density at radius 2 is 2.06 bits per heavy atom. The van der Waals surface area contributed by atoms with Crippen LogP contribution in [0.3, 0.4) is 0 Å². The second-order valence-electron chi connectivity index (χ2n) is 3.37. The average Bonchev–Trinajstić information content (AvgIpc) is 2.70. The molecule has 0 aromatic carbocycles. The van der Waals surface area contributed by atoms with E-state index in [2.05, 4.69) is 27.0 Å². The van der Waals surface area contributed by atoms with Crippen molar-refractivity contribution < 1.29 is 5.11 Å². The summed E-state index contributed by atoms with van der Waals surface area (Å²) in [5.41, 5.74) is -0.568. The lowest BCUT2D eigenvalue weighted by Crippen LogP contribution is -2.25. The zero-order chi connectivity index (χ0) is 13.0. The lowest BCUT2D eigenvalue weighted by Gasteiger charge is -1.97. The van der Waals surface area contributed by atoms with Crippen LogP contribution in [0, 0.1) is 11.8 Å². The van der Waals surface area contributed by atoms with Gasteiger partial charge in [-0.2, -0.15) is 4.57 Å². The maximum Gasteiger partial charge on any atom is 0.350 e. The number of H-pyrrole nitrogens is 2. The smallest absolute Gasteiger partial charge is 0.350 e. The predicted octanol–water partition coefficient (Wildman–Crippen LogP) is -1.02. The molecule has 18 heavy (non-hydrogen) atoms. The highest BCUT2D eigenvalue weighted by molar-refractivity contribution is 5.38. The molecular formula is C11H10N4O3. The Morgan fingerprint density at radius 3 is 2.72 bits per heavy atom. The summed E-state index contributed by atoms with van der Waals surface area (Å²) in [6.07, 6.45) is 1.82. The molecule has 0 atom stereocenters. The van der Waals surface area contributed by atoms with Gasteiger partial charge in [0.15, 0.2) is 0 Å². The first-order chi connectivity index (χ1) is 8.72. The second kappa shape index (κ2) is 5.16. The third-order valence-electron chi connectivity index (χ3n) is 2.13. The van der Waals surface area contributed by atoms with E-state index in [1.807, 2.05) is 0 Å². The van der Waals surface area contributed by atoms with Gasteiger partial charge in [0.2, 0.25) is 0 Å². The van der Waals surface area contributed by atoms with Crippen molar-refractivity contribution in [3.05, 3.63) is 44.9 Å². The van der Waals surface area contributed by atoms with E-state index in [-0.39, 0.29) is 12.4 Å². The monoisotopic (exact) mass is 246 g/mol. The summed E-state index contributed by atoms with van der Waals surface area (Å²) in [7, 11) is 0. The van der Waals surface area contributed by atoms with Crippen molar-refractivity contribution in [3.63, 3.8) is 0 Å². The van der Waals surface area contributed by atoms with Crippen molar-refractivity contribution in [2.45, 2.75) is 6.42 Å². The largest absolute Gasteiger partial charge is 0.395 e. The molecule has 0 saturated carbocycles. The van der Waals surface area contributed by atoms with Crippen LogP contribution in [-0.2, 0) is 0 Å². The van der Waals surface area contributed by atoms with Gasteiger partial charge in [-0.15, -0.1) is 0 Å². The summed E-state index contributed by atoms with van der Waals surface area (Å²) in [5.74, 6) is 5.74. The van der Waals surface area contributed by atoms with E-state index in [1.54, 1.807) is 6.07 Å². The van der Waals surface area contributed by atoms with Crippen molar-refractivity contribution in [2.24, 2.45) is 0 Å². The second-order valence-corrected chi connectivity index (χ2v) is 3.37. The van der Waals surface area contributed by atoms with Crippen LogP contribution in [0.2, 0.25) is 0 Å². The van der Waals surface area contributed by atoms with Crippen LogP contribution in [0.4, 0.5) is 0 Å². The summed E-state index contributed by atoms with van der Waals surface area (Å²) < 4.78 is 0.872. The van der Waals surface area contributed by atoms with E-state index in [9.17, 15) is 9.59 Å². The average molecular weight is 246 g/mol. The number of aromatic amines is 2. The number of aliphatic hydroxyl groups is 1. The summed E-state index contributed by atoms with van der Waals surface area (Å²) in [6, 6.07) is 3.18. The first-order valence-corrected chi connectivity index (χ1v) is 5.18. The number of pyridine rings is 1. The van der Waals surface area contributed by atoms with Crippen LogP contribution in [0.25, 0.3) is 5.82 Å². The van der Waals surface area contributed by atoms with Gasteiger partial charge in [-0.1, -0.05) is 11.8 Å². The minimum atomic E-state index is -0.590.